The van der Waals surface area contributed by atoms with E-state index in [0.717, 1.165) is 11.4 Å². The molecule has 0 atom stereocenters. The Hall–Kier alpha value is -1.02. The van der Waals surface area contributed by atoms with Gasteiger partial charge in [-0.3, -0.25) is 4.79 Å². The molecule has 0 fully saturated rings. The molecule has 3 heteroatoms. The highest BCUT2D eigenvalue weighted by Crippen LogP contribution is 2.03. The van der Waals surface area contributed by atoms with Crippen molar-refractivity contribution >= 4 is 17.6 Å². The van der Waals surface area contributed by atoms with E-state index >= 15 is 0 Å². The molecule has 1 aromatic carbocycles. The van der Waals surface area contributed by atoms with E-state index < -0.39 is 0 Å². The highest BCUT2D eigenvalue weighted by Gasteiger charge is 1.85. The van der Waals surface area contributed by atoms with Crippen molar-refractivity contribution in [2.45, 2.75) is 20.3 Å². The van der Waals surface area contributed by atoms with Crippen LogP contribution in [0.4, 0.5) is 0 Å². The van der Waals surface area contributed by atoms with Gasteiger partial charge in [-0.1, -0.05) is 36.7 Å². The number of carbonyl (C=O) groups excluding carboxylic acids is 1. The van der Waals surface area contributed by atoms with Crippen molar-refractivity contribution in [3.63, 3.8) is 0 Å². The van der Waals surface area contributed by atoms with Crippen molar-refractivity contribution in [2.24, 2.45) is 0 Å². The molecule has 14 heavy (non-hydrogen) atoms. The van der Waals surface area contributed by atoms with Crippen molar-refractivity contribution < 1.29 is 9.53 Å². The molecule has 1 rings (SSSR count). The standard InChI is InChI=1S/C6H5Cl.C5H10O2/c7-6-4-2-1-3-5-6;1-3-4-7-5(2)6/h1-5H;3-4H2,1-2H3. The van der Waals surface area contributed by atoms with Crippen LogP contribution in [0.5, 0.6) is 0 Å². The number of hydrogen-bond donors (Lipinski definition) is 0. The van der Waals surface area contributed by atoms with Crippen molar-refractivity contribution in [3.05, 3.63) is 35.4 Å². The summed E-state index contributed by atoms with van der Waals surface area (Å²) < 4.78 is 4.55. The van der Waals surface area contributed by atoms with Gasteiger partial charge in [-0.2, -0.15) is 0 Å². The van der Waals surface area contributed by atoms with E-state index in [-0.39, 0.29) is 5.97 Å². The zero-order valence-electron chi connectivity index (χ0n) is 8.50. The molecule has 0 aliphatic carbocycles. The average molecular weight is 215 g/mol. The fraction of sp³-hybridized carbons (Fsp3) is 0.364. The minimum Gasteiger partial charge on any atom is -0.466 e. The summed E-state index contributed by atoms with van der Waals surface area (Å²) in [5.74, 6) is -0.193. The Kier molecular flexibility index (Phi) is 7.95. The maximum absolute atomic E-state index is 9.98. The van der Waals surface area contributed by atoms with E-state index in [9.17, 15) is 4.79 Å². The second kappa shape index (κ2) is 8.57. The first-order valence-electron chi connectivity index (χ1n) is 4.50. The smallest absolute Gasteiger partial charge is 0.302 e. The fourth-order valence-electron chi connectivity index (χ4n) is 0.660. The van der Waals surface area contributed by atoms with Gasteiger partial charge >= 0.3 is 5.97 Å². The zero-order valence-corrected chi connectivity index (χ0v) is 9.25. The summed E-state index contributed by atoms with van der Waals surface area (Å²) in [4.78, 5) is 9.98. The SMILES string of the molecule is CCCOC(C)=O.Clc1ccccc1. The van der Waals surface area contributed by atoms with Crippen LogP contribution in [0.3, 0.4) is 0 Å². The Morgan fingerprint density at radius 3 is 2.14 bits per heavy atom. The zero-order chi connectivity index (χ0) is 10.8. The van der Waals surface area contributed by atoms with Crippen LogP contribution in [0.25, 0.3) is 0 Å². The first-order valence-corrected chi connectivity index (χ1v) is 4.88. The predicted octanol–water partition coefficient (Wildman–Crippen LogP) is 3.30. The van der Waals surface area contributed by atoms with Gasteiger partial charge in [0.2, 0.25) is 0 Å². The Morgan fingerprint density at radius 1 is 1.36 bits per heavy atom. The summed E-state index contributed by atoms with van der Waals surface area (Å²) in [6.45, 7) is 3.92. The second-order valence-corrected chi connectivity index (χ2v) is 3.07. The van der Waals surface area contributed by atoms with Crippen LogP contribution in [0, 0.1) is 0 Å². The predicted molar refractivity (Wildman–Crippen MR) is 58.4 cm³/mol. The maximum Gasteiger partial charge on any atom is 0.302 e. The molecular weight excluding hydrogens is 200 g/mol. The van der Waals surface area contributed by atoms with Crippen molar-refractivity contribution in [1.82, 2.24) is 0 Å². The molecule has 0 unspecified atom stereocenters. The van der Waals surface area contributed by atoms with Gasteiger partial charge in [-0.25, -0.2) is 0 Å². The van der Waals surface area contributed by atoms with Gasteiger partial charge in [0.25, 0.3) is 0 Å². The normalized spacial score (nSPS) is 8.50. The number of halogens is 1. The summed E-state index contributed by atoms with van der Waals surface area (Å²) in [6.07, 6.45) is 0.902. The van der Waals surface area contributed by atoms with Crippen LogP contribution >= 0.6 is 11.6 Å². The van der Waals surface area contributed by atoms with E-state index in [4.69, 9.17) is 11.6 Å². The molecule has 0 radical (unpaired) electrons. The van der Waals surface area contributed by atoms with Crippen LogP contribution in [-0.2, 0) is 9.53 Å². The van der Waals surface area contributed by atoms with Crippen molar-refractivity contribution in [2.75, 3.05) is 6.61 Å². The number of ether oxygens (including phenoxy) is 1. The molecule has 0 saturated carbocycles. The fourth-order valence-corrected chi connectivity index (χ4v) is 0.806. The molecule has 2 nitrogen and oxygen atoms in total. The third-order valence-corrected chi connectivity index (χ3v) is 1.49. The molecule has 0 bridgehead atoms. The van der Waals surface area contributed by atoms with Gasteiger partial charge in [0.05, 0.1) is 6.61 Å². The maximum atomic E-state index is 9.98. The Balaban J connectivity index is 0.000000241. The number of hydrogen-bond acceptors (Lipinski definition) is 2. The quantitative estimate of drug-likeness (QED) is 0.707. The Morgan fingerprint density at radius 2 is 1.93 bits per heavy atom. The molecular formula is C11H15ClO2. The summed E-state index contributed by atoms with van der Waals surface area (Å²) in [7, 11) is 0. The molecule has 1 aromatic rings. The van der Waals surface area contributed by atoms with Gasteiger partial charge in [0.1, 0.15) is 0 Å². The van der Waals surface area contributed by atoms with Crippen molar-refractivity contribution in [3.8, 4) is 0 Å². The lowest BCUT2D eigenvalue weighted by atomic mass is 10.4. The first kappa shape index (κ1) is 13.0. The molecule has 0 spiro atoms. The van der Waals surface area contributed by atoms with Gasteiger partial charge in [0.15, 0.2) is 0 Å². The monoisotopic (exact) mass is 214 g/mol. The molecule has 0 aromatic heterocycles. The average Bonchev–Trinajstić information content (AvgIpc) is 2.17. The van der Waals surface area contributed by atoms with Crippen molar-refractivity contribution in [1.29, 1.82) is 0 Å². The first-order chi connectivity index (χ1) is 6.66. The minimum atomic E-state index is -0.193. The van der Waals surface area contributed by atoms with Crippen LogP contribution in [0.15, 0.2) is 30.3 Å². The highest BCUT2D eigenvalue weighted by molar-refractivity contribution is 6.30. The summed E-state index contributed by atoms with van der Waals surface area (Å²) in [6, 6.07) is 9.44. The molecule has 78 valence electrons. The minimum absolute atomic E-state index is 0.193. The number of carbonyl (C=O) groups is 1. The third kappa shape index (κ3) is 9.07. The van der Waals surface area contributed by atoms with E-state index in [2.05, 4.69) is 4.74 Å². The number of benzene rings is 1. The lowest BCUT2D eigenvalue weighted by molar-refractivity contribution is -0.140. The molecule has 0 aliphatic heterocycles. The van der Waals surface area contributed by atoms with Crippen LogP contribution in [0.2, 0.25) is 5.02 Å². The molecule has 0 amide bonds. The van der Waals surface area contributed by atoms with E-state index in [1.807, 2.05) is 37.3 Å². The van der Waals surface area contributed by atoms with Crippen LogP contribution in [0.1, 0.15) is 20.3 Å². The third-order valence-electron chi connectivity index (χ3n) is 1.24. The summed E-state index contributed by atoms with van der Waals surface area (Å²) in [5, 5.41) is 0.794. The number of rotatable bonds is 2. The lowest BCUT2D eigenvalue weighted by Gasteiger charge is -1.93. The highest BCUT2D eigenvalue weighted by atomic mass is 35.5. The molecule has 0 saturated heterocycles. The molecule has 0 N–H and O–H groups in total. The lowest BCUT2D eigenvalue weighted by Crippen LogP contribution is -1.98. The van der Waals surface area contributed by atoms with E-state index in [1.54, 1.807) is 0 Å². The Bertz CT molecular complexity index is 247. The topological polar surface area (TPSA) is 26.3 Å². The van der Waals surface area contributed by atoms with Gasteiger partial charge < -0.3 is 4.74 Å². The summed E-state index contributed by atoms with van der Waals surface area (Å²) >= 11 is 5.54. The second-order valence-electron chi connectivity index (χ2n) is 2.64. The van der Waals surface area contributed by atoms with E-state index in [0.29, 0.717) is 6.61 Å². The largest absolute Gasteiger partial charge is 0.466 e. The molecule has 0 aliphatic rings. The Labute approximate surface area is 89.8 Å². The number of esters is 1. The van der Waals surface area contributed by atoms with Crippen LogP contribution in [-0.4, -0.2) is 12.6 Å². The van der Waals surface area contributed by atoms with E-state index in [1.165, 1.54) is 6.92 Å². The molecule has 0 heterocycles. The van der Waals surface area contributed by atoms with Gasteiger partial charge in [-0.15, -0.1) is 0 Å². The van der Waals surface area contributed by atoms with Crippen LogP contribution < -0.4 is 0 Å². The van der Waals surface area contributed by atoms with Gasteiger partial charge in [-0.05, 0) is 18.6 Å². The summed E-state index contributed by atoms with van der Waals surface area (Å²) in [5.41, 5.74) is 0. The van der Waals surface area contributed by atoms with Gasteiger partial charge in [0, 0.05) is 11.9 Å².